The van der Waals surface area contributed by atoms with Crippen LogP contribution in [0.25, 0.3) is 0 Å². The van der Waals surface area contributed by atoms with Crippen molar-refractivity contribution in [3.8, 4) is 0 Å². The normalized spacial score (nSPS) is 26.4. The molecule has 1 fully saturated rings. The number of nitrogens with two attached hydrogens (primary N) is 1. The SMILES string of the molecule is CCOC1CC(NC(=O)CCN)C1(CC)CC. The number of ether oxygens (including phenoxy) is 1. The maximum atomic E-state index is 11.6. The number of rotatable bonds is 7. The summed E-state index contributed by atoms with van der Waals surface area (Å²) in [6.45, 7) is 7.54. The minimum absolute atomic E-state index is 0.0683. The molecule has 1 aliphatic rings. The van der Waals surface area contributed by atoms with Crippen molar-refractivity contribution in [3.05, 3.63) is 0 Å². The van der Waals surface area contributed by atoms with Gasteiger partial charge in [-0.25, -0.2) is 0 Å². The fourth-order valence-corrected chi connectivity index (χ4v) is 2.98. The van der Waals surface area contributed by atoms with Crippen LogP contribution in [0.2, 0.25) is 0 Å². The fraction of sp³-hybridized carbons (Fsp3) is 0.923. The van der Waals surface area contributed by atoms with E-state index in [0.717, 1.165) is 25.9 Å². The smallest absolute Gasteiger partial charge is 0.221 e. The van der Waals surface area contributed by atoms with Gasteiger partial charge in [0.25, 0.3) is 0 Å². The lowest BCUT2D eigenvalue weighted by atomic mass is 9.58. The van der Waals surface area contributed by atoms with Gasteiger partial charge in [0.05, 0.1) is 6.10 Å². The molecule has 0 spiro atoms. The van der Waals surface area contributed by atoms with Gasteiger partial charge in [-0.05, 0) is 26.2 Å². The standard InChI is InChI=1S/C13H26N2O2/c1-4-13(5-2)10(9-11(13)17-6-3)15-12(16)7-8-14/h10-11H,4-9,14H2,1-3H3,(H,15,16). The summed E-state index contributed by atoms with van der Waals surface area (Å²) in [7, 11) is 0. The van der Waals surface area contributed by atoms with Crippen LogP contribution in [0.1, 0.15) is 46.5 Å². The van der Waals surface area contributed by atoms with Gasteiger partial charge in [-0.1, -0.05) is 13.8 Å². The molecule has 1 amide bonds. The van der Waals surface area contributed by atoms with Gasteiger partial charge < -0.3 is 15.8 Å². The van der Waals surface area contributed by atoms with E-state index in [0.29, 0.717) is 19.1 Å². The summed E-state index contributed by atoms with van der Waals surface area (Å²) in [6, 6.07) is 0.257. The van der Waals surface area contributed by atoms with Crippen LogP contribution in [0.4, 0.5) is 0 Å². The van der Waals surface area contributed by atoms with Crippen LogP contribution in [0, 0.1) is 5.41 Å². The predicted molar refractivity (Wildman–Crippen MR) is 68.6 cm³/mol. The summed E-state index contributed by atoms with van der Waals surface area (Å²) >= 11 is 0. The van der Waals surface area contributed by atoms with E-state index < -0.39 is 0 Å². The van der Waals surface area contributed by atoms with E-state index in [1.165, 1.54) is 0 Å². The van der Waals surface area contributed by atoms with Crippen LogP contribution in [0.3, 0.4) is 0 Å². The number of hydrogen-bond acceptors (Lipinski definition) is 3. The van der Waals surface area contributed by atoms with Gasteiger partial charge in [-0.3, -0.25) is 4.79 Å². The first-order valence-corrected chi connectivity index (χ1v) is 6.75. The van der Waals surface area contributed by atoms with Crippen molar-refractivity contribution >= 4 is 5.91 Å². The third-order valence-electron chi connectivity index (χ3n) is 4.18. The van der Waals surface area contributed by atoms with Gasteiger partial charge in [0, 0.05) is 31.0 Å². The quantitative estimate of drug-likeness (QED) is 0.710. The maximum absolute atomic E-state index is 11.6. The summed E-state index contributed by atoms with van der Waals surface area (Å²) < 4.78 is 5.77. The topological polar surface area (TPSA) is 64.3 Å². The van der Waals surface area contributed by atoms with Crippen molar-refractivity contribution in [1.82, 2.24) is 5.32 Å². The molecular weight excluding hydrogens is 216 g/mol. The van der Waals surface area contributed by atoms with Crippen molar-refractivity contribution in [2.75, 3.05) is 13.2 Å². The third-order valence-corrected chi connectivity index (χ3v) is 4.18. The monoisotopic (exact) mass is 242 g/mol. The highest BCUT2D eigenvalue weighted by Crippen LogP contribution is 2.48. The molecule has 1 aliphatic carbocycles. The summed E-state index contributed by atoms with van der Waals surface area (Å²) in [5.74, 6) is 0.0683. The summed E-state index contributed by atoms with van der Waals surface area (Å²) in [4.78, 5) is 11.6. The Morgan fingerprint density at radius 3 is 2.53 bits per heavy atom. The molecule has 2 atom stereocenters. The molecule has 17 heavy (non-hydrogen) atoms. The highest BCUT2D eigenvalue weighted by Gasteiger charge is 2.53. The van der Waals surface area contributed by atoms with Crippen LogP contribution < -0.4 is 11.1 Å². The molecule has 0 bridgehead atoms. The van der Waals surface area contributed by atoms with E-state index in [9.17, 15) is 4.79 Å². The van der Waals surface area contributed by atoms with E-state index in [-0.39, 0.29) is 17.4 Å². The Kier molecular flexibility index (Phi) is 5.40. The van der Waals surface area contributed by atoms with E-state index in [1.54, 1.807) is 0 Å². The van der Waals surface area contributed by atoms with Crippen LogP contribution in [0.5, 0.6) is 0 Å². The van der Waals surface area contributed by atoms with Gasteiger partial charge in [-0.15, -0.1) is 0 Å². The molecule has 0 aromatic rings. The Morgan fingerprint density at radius 1 is 1.41 bits per heavy atom. The van der Waals surface area contributed by atoms with Crippen LogP contribution >= 0.6 is 0 Å². The van der Waals surface area contributed by atoms with Crippen molar-refractivity contribution < 1.29 is 9.53 Å². The Bertz CT molecular complexity index is 252. The fourth-order valence-electron chi connectivity index (χ4n) is 2.98. The predicted octanol–water partition coefficient (Wildman–Crippen LogP) is 1.44. The Morgan fingerprint density at radius 2 is 2.06 bits per heavy atom. The van der Waals surface area contributed by atoms with Crippen molar-refractivity contribution in [1.29, 1.82) is 0 Å². The molecule has 2 unspecified atom stereocenters. The Balaban J connectivity index is 2.59. The zero-order valence-electron chi connectivity index (χ0n) is 11.3. The first kappa shape index (κ1) is 14.5. The molecule has 4 heteroatoms. The second kappa shape index (κ2) is 6.36. The molecule has 0 heterocycles. The van der Waals surface area contributed by atoms with Crippen molar-refractivity contribution in [3.63, 3.8) is 0 Å². The minimum atomic E-state index is 0.0683. The summed E-state index contributed by atoms with van der Waals surface area (Å²) in [5, 5.41) is 3.10. The van der Waals surface area contributed by atoms with Gasteiger partial charge in [0.15, 0.2) is 0 Å². The number of carbonyl (C=O) groups excluding carboxylic acids is 1. The average Bonchev–Trinajstić information content (AvgIpc) is 2.30. The third kappa shape index (κ3) is 2.80. The molecule has 100 valence electrons. The lowest BCUT2D eigenvalue weighted by Gasteiger charge is -2.55. The van der Waals surface area contributed by atoms with Gasteiger partial charge in [0.2, 0.25) is 5.91 Å². The van der Waals surface area contributed by atoms with Crippen LogP contribution in [-0.4, -0.2) is 31.2 Å². The largest absolute Gasteiger partial charge is 0.378 e. The average molecular weight is 242 g/mol. The van der Waals surface area contributed by atoms with Gasteiger partial charge in [0.1, 0.15) is 0 Å². The zero-order chi connectivity index (χ0) is 12.9. The number of hydrogen-bond donors (Lipinski definition) is 2. The highest BCUT2D eigenvalue weighted by atomic mass is 16.5. The van der Waals surface area contributed by atoms with Crippen molar-refractivity contribution in [2.24, 2.45) is 11.1 Å². The van der Waals surface area contributed by atoms with Crippen molar-refractivity contribution in [2.45, 2.75) is 58.6 Å². The minimum Gasteiger partial charge on any atom is -0.378 e. The molecular formula is C13H26N2O2. The number of amides is 1. The molecule has 0 aromatic heterocycles. The van der Waals surface area contributed by atoms with Gasteiger partial charge in [-0.2, -0.15) is 0 Å². The number of carbonyl (C=O) groups is 1. The highest BCUT2D eigenvalue weighted by molar-refractivity contribution is 5.76. The summed E-state index contributed by atoms with van der Waals surface area (Å²) in [6.07, 6.45) is 3.74. The molecule has 0 saturated heterocycles. The Hall–Kier alpha value is -0.610. The zero-order valence-corrected chi connectivity index (χ0v) is 11.3. The second-order valence-corrected chi connectivity index (χ2v) is 4.78. The van der Waals surface area contributed by atoms with Gasteiger partial charge >= 0.3 is 0 Å². The van der Waals surface area contributed by atoms with E-state index >= 15 is 0 Å². The first-order valence-electron chi connectivity index (χ1n) is 6.75. The number of nitrogens with one attached hydrogen (secondary N) is 1. The lowest BCUT2D eigenvalue weighted by molar-refractivity contribution is -0.148. The molecule has 1 rings (SSSR count). The van der Waals surface area contributed by atoms with Crippen LogP contribution in [-0.2, 0) is 9.53 Å². The van der Waals surface area contributed by atoms with Crippen LogP contribution in [0.15, 0.2) is 0 Å². The molecule has 0 aliphatic heterocycles. The molecule has 0 aromatic carbocycles. The molecule has 4 nitrogen and oxygen atoms in total. The first-order chi connectivity index (χ1) is 8.14. The molecule has 3 N–H and O–H groups in total. The maximum Gasteiger partial charge on any atom is 0.221 e. The van der Waals surface area contributed by atoms with E-state index in [4.69, 9.17) is 10.5 Å². The molecule has 1 saturated carbocycles. The van der Waals surface area contributed by atoms with E-state index in [2.05, 4.69) is 19.2 Å². The molecule has 0 radical (unpaired) electrons. The second-order valence-electron chi connectivity index (χ2n) is 4.78. The summed E-state index contributed by atoms with van der Waals surface area (Å²) in [5.41, 5.74) is 5.51. The van der Waals surface area contributed by atoms with E-state index in [1.807, 2.05) is 6.92 Å². The lowest BCUT2D eigenvalue weighted by Crippen LogP contribution is -2.64. The Labute approximate surface area is 104 Å².